The number of piperazine rings is 1. The Morgan fingerprint density at radius 2 is 1.78 bits per heavy atom. The summed E-state index contributed by atoms with van der Waals surface area (Å²) in [6, 6.07) is 18.4. The molecule has 7 nitrogen and oxygen atoms in total. The smallest absolute Gasteiger partial charge is 0.266 e. The summed E-state index contributed by atoms with van der Waals surface area (Å²) in [5.74, 6) is 0.780. The van der Waals surface area contributed by atoms with E-state index in [9.17, 15) is 9.59 Å². The van der Waals surface area contributed by atoms with Crippen LogP contribution in [-0.2, 0) is 11.3 Å². The van der Waals surface area contributed by atoms with Crippen LogP contribution in [0.15, 0.2) is 65.5 Å². The zero-order valence-electron chi connectivity index (χ0n) is 17.9. The number of rotatable bonds is 6. The number of carbonyl (C=O) groups is 1. The molecule has 0 N–H and O–H groups in total. The Kier molecular flexibility index (Phi) is 6.75. The Hall–Kier alpha value is -3.32. The standard InChI is InChI=1S/C24H25ClN4O3/c1-32-21-7-5-18(6-8-21)22-9-10-24(31)29(26-22)12-11-23(30)28-15-13-27(14-16-28)20-4-2-3-19(25)17-20/h2-10,17H,11-16H2,1H3. The van der Waals surface area contributed by atoms with Crippen molar-refractivity contribution >= 4 is 23.2 Å². The normalized spacial score (nSPS) is 13.8. The molecule has 0 spiro atoms. The topological polar surface area (TPSA) is 67.7 Å². The molecule has 1 aromatic heterocycles. The lowest BCUT2D eigenvalue weighted by Gasteiger charge is -2.36. The number of hydrogen-bond acceptors (Lipinski definition) is 5. The first-order valence-electron chi connectivity index (χ1n) is 10.5. The summed E-state index contributed by atoms with van der Waals surface area (Å²) < 4.78 is 6.54. The van der Waals surface area contributed by atoms with Gasteiger partial charge in [0.1, 0.15) is 5.75 Å². The minimum Gasteiger partial charge on any atom is -0.497 e. The van der Waals surface area contributed by atoms with Gasteiger partial charge < -0.3 is 14.5 Å². The van der Waals surface area contributed by atoms with Crippen LogP contribution in [0.2, 0.25) is 5.02 Å². The van der Waals surface area contributed by atoms with E-state index in [1.54, 1.807) is 13.2 Å². The Morgan fingerprint density at radius 1 is 1.03 bits per heavy atom. The maximum absolute atomic E-state index is 12.7. The van der Waals surface area contributed by atoms with Crippen molar-refractivity contribution in [2.75, 3.05) is 38.2 Å². The van der Waals surface area contributed by atoms with E-state index >= 15 is 0 Å². The fourth-order valence-electron chi connectivity index (χ4n) is 3.77. The van der Waals surface area contributed by atoms with Crippen molar-refractivity contribution in [3.8, 4) is 17.0 Å². The van der Waals surface area contributed by atoms with Gasteiger partial charge in [0.2, 0.25) is 5.91 Å². The van der Waals surface area contributed by atoms with Gasteiger partial charge in [-0.1, -0.05) is 17.7 Å². The number of nitrogens with zero attached hydrogens (tertiary/aromatic N) is 4. The second kappa shape index (κ2) is 9.87. The van der Waals surface area contributed by atoms with Crippen LogP contribution in [0.3, 0.4) is 0 Å². The molecule has 1 aliphatic heterocycles. The van der Waals surface area contributed by atoms with Crippen molar-refractivity contribution < 1.29 is 9.53 Å². The minimum absolute atomic E-state index is 0.0271. The number of ether oxygens (including phenoxy) is 1. The van der Waals surface area contributed by atoms with Gasteiger partial charge in [-0.25, -0.2) is 4.68 Å². The number of methoxy groups -OCH3 is 1. The Bertz CT molecular complexity index is 1140. The first kappa shape index (κ1) is 21.9. The fraction of sp³-hybridized carbons (Fsp3) is 0.292. The molecular weight excluding hydrogens is 428 g/mol. The lowest BCUT2D eigenvalue weighted by molar-refractivity contribution is -0.131. The van der Waals surface area contributed by atoms with Crippen LogP contribution in [-0.4, -0.2) is 53.9 Å². The Balaban J connectivity index is 1.35. The second-order valence-corrected chi connectivity index (χ2v) is 8.04. The fourth-order valence-corrected chi connectivity index (χ4v) is 3.96. The molecule has 0 aliphatic carbocycles. The van der Waals surface area contributed by atoms with E-state index in [4.69, 9.17) is 16.3 Å². The van der Waals surface area contributed by atoms with Crippen LogP contribution >= 0.6 is 11.6 Å². The number of aryl methyl sites for hydroxylation is 1. The molecule has 1 saturated heterocycles. The van der Waals surface area contributed by atoms with E-state index in [1.807, 2.05) is 53.4 Å². The van der Waals surface area contributed by atoms with Gasteiger partial charge in [-0.3, -0.25) is 9.59 Å². The monoisotopic (exact) mass is 452 g/mol. The molecule has 1 aliphatic rings. The van der Waals surface area contributed by atoms with Crippen LogP contribution in [0.25, 0.3) is 11.3 Å². The number of benzene rings is 2. The number of anilines is 1. The van der Waals surface area contributed by atoms with E-state index in [2.05, 4.69) is 10.00 Å². The van der Waals surface area contributed by atoms with Crippen molar-refractivity contribution in [1.29, 1.82) is 0 Å². The first-order valence-corrected chi connectivity index (χ1v) is 10.9. The van der Waals surface area contributed by atoms with Gasteiger partial charge in [0, 0.05) is 54.9 Å². The summed E-state index contributed by atoms with van der Waals surface area (Å²) in [6.07, 6.45) is 0.232. The molecule has 0 unspecified atom stereocenters. The summed E-state index contributed by atoms with van der Waals surface area (Å²) in [5, 5.41) is 5.15. The van der Waals surface area contributed by atoms with Crippen LogP contribution in [0, 0.1) is 0 Å². The molecule has 3 aromatic rings. The molecule has 32 heavy (non-hydrogen) atoms. The summed E-state index contributed by atoms with van der Waals surface area (Å²) in [5.41, 5.74) is 2.40. The number of aromatic nitrogens is 2. The number of carbonyl (C=O) groups excluding carboxylic acids is 1. The van der Waals surface area contributed by atoms with Crippen molar-refractivity contribution in [1.82, 2.24) is 14.7 Å². The van der Waals surface area contributed by atoms with Gasteiger partial charge in [-0.15, -0.1) is 0 Å². The third kappa shape index (κ3) is 5.11. The second-order valence-electron chi connectivity index (χ2n) is 7.61. The van der Waals surface area contributed by atoms with E-state index in [1.165, 1.54) is 10.7 Å². The molecule has 8 heteroatoms. The third-order valence-corrected chi connectivity index (χ3v) is 5.83. The SMILES string of the molecule is COc1ccc(-c2ccc(=O)n(CCC(=O)N3CCN(c4cccc(Cl)c4)CC3)n2)cc1. The highest BCUT2D eigenvalue weighted by molar-refractivity contribution is 6.30. The quantitative estimate of drug-likeness (QED) is 0.574. The van der Waals surface area contributed by atoms with Crippen molar-refractivity contribution in [2.24, 2.45) is 0 Å². The molecule has 1 amide bonds. The van der Waals surface area contributed by atoms with Crippen LogP contribution in [0.1, 0.15) is 6.42 Å². The predicted octanol–water partition coefficient (Wildman–Crippen LogP) is 3.31. The van der Waals surface area contributed by atoms with E-state index in [0.29, 0.717) is 23.8 Å². The molecule has 0 radical (unpaired) electrons. The van der Waals surface area contributed by atoms with Gasteiger partial charge in [0.25, 0.3) is 5.56 Å². The van der Waals surface area contributed by atoms with Crippen molar-refractivity contribution in [3.63, 3.8) is 0 Å². The lowest BCUT2D eigenvalue weighted by Crippen LogP contribution is -2.49. The average Bonchev–Trinajstić information content (AvgIpc) is 2.83. The molecule has 1 fully saturated rings. The summed E-state index contributed by atoms with van der Waals surface area (Å²) in [7, 11) is 1.61. The van der Waals surface area contributed by atoms with Gasteiger partial charge in [0.15, 0.2) is 0 Å². The molecule has 166 valence electrons. The van der Waals surface area contributed by atoms with Crippen molar-refractivity contribution in [3.05, 3.63) is 76.0 Å². The maximum Gasteiger partial charge on any atom is 0.266 e. The molecular formula is C24H25ClN4O3. The minimum atomic E-state index is -0.221. The zero-order valence-corrected chi connectivity index (χ0v) is 18.7. The average molecular weight is 453 g/mol. The number of halogens is 1. The van der Waals surface area contributed by atoms with Gasteiger partial charge in [-0.2, -0.15) is 5.10 Å². The molecule has 0 bridgehead atoms. The maximum atomic E-state index is 12.7. The third-order valence-electron chi connectivity index (χ3n) is 5.60. The molecule has 2 aromatic carbocycles. The highest BCUT2D eigenvalue weighted by atomic mass is 35.5. The van der Waals surface area contributed by atoms with Crippen LogP contribution in [0.4, 0.5) is 5.69 Å². The number of amides is 1. The Morgan fingerprint density at radius 3 is 2.47 bits per heavy atom. The van der Waals surface area contributed by atoms with E-state index < -0.39 is 0 Å². The van der Waals surface area contributed by atoms with Gasteiger partial charge in [-0.05, 0) is 48.5 Å². The summed E-state index contributed by atoms with van der Waals surface area (Å²) in [4.78, 5) is 29.1. The van der Waals surface area contributed by atoms with Crippen molar-refractivity contribution in [2.45, 2.75) is 13.0 Å². The van der Waals surface area contributed by atoms with Gasteiger partial charge >= 0.3 is 0 Å². The molecule has 0 atom stereocenters. The summed E-state index contributed by atoms with van der Waals surface area (Å²) >= 11 is 6.09. The van der Waals surface area contributed by atoms with E-state index in [0.717, 1.165) is 30.1 Å². The van der Waals surface area contributed by atoms with E-state index in [-0.39, 0.29) is 24.4 Å². The predicted molar refractivity (Wildman–Crippen MR) is 125 cm³/mol. The first-order chi connectivity index (χ1) is 15.5. The largest absolute Gasteiger partial charge is 0.497 e. The molecule has 4 rings (SSSR count). The van der Waals surface area contributed by atoms with Gasteiger partial charge in [0.05, 0.1) is 19.3 Å². The lowest BCUT2D eigenvalue weighted by atomic mass is 10.1. The Labute approximate surface area is 191 Å². The highest BCUT2D eigenvalue weighted by Crippen LogP contribution is 2.21. The molecule has 2 heterocycles. The van der Waals surface area contributed by atoms with Crippen LogP contribution < -0.4 is 15.2 Å². The molecule has 0 saturated carbocycles. The highest BCUT2D eigenvalue weighted by Gasteiger charge is 2.21. The van der Waals surface area contributed by atoms with Crippen LogP contribution in [0.5, 0.6) is 5.75 Å². The summed E-state index contributed by atoms with van der Waals surface area (Å²) in [6.45, 7) is 3.02. The zero-order chi connectivity index (χ0) is 22.5. The number of hydrogen-bond donors (Lipinski definition) is 0.